The van der Waals surface area contributed by atoms with Gasteiger partial charge in [-0.05, 0) is 11.8 Å². The monoisotopic (exact) mass is 282 g/mol. The molecule has 0 aromatic carbocycles. The van der Waals surface area contributed by atoms with Gasteiger partial charge in [-0.25, -0.2) is 0 Å². The Morgan fingerprint density at radius 2 is 2.33 bits per heavy atom. The summed E-state index contributed by atoms with van der Waals surface area (Å²) >= 11 is -0.185. The number of rotatable bonds is 5. The third-order valence-electron chi connectivity index (χ3n) is 2.03. The van der Waals surface area contributed by atoms with Gasteiger partial charge < -0.3 is 11.1 Å². The summed E-state index contributed by atoms with van der Waals surface area (Å²) in [5.41, 5.74) is 1.86. The van der Waals surface area contributed by atoms with E-state index in [1.807, 2.05) is 0 Å². The Hall–Kier alpha value is -1.22. The Morgan fingerprint density at radius 1 is 1.67 bits per heavy atom. The fourth-order valence-corrected chi connectivity index (χ4v) is 1.64. The van der Waals surface area contributed by atoms with E-state index in [2.05, 4.69) is 10.4 Å². The molecule has 1 amide bonds. The highest BCUT2D eigenvalue weighted by Crippen LogP contribution is 2.29. The van der Waals surface area contributed by atoms with Gasteiger partial charge in [0.15, 0.2) is 0 Å². The number of aryl methyl sites for hydroxylation is 1. The number of nitrogens with zero attached hydrogens (tertiary/aromatic N) is 2. The quantitative estimate of drug-likeness (QED) is 0.783. The molecule has 1 aromatic heterocycles. The van der Waals surface area contributed by atoms with E-state index < -0.39 is 17.5 Å². The number of hydrogen-bond donors (Lipinski definition) is 2. The number of hydrogen-bond acceptors (Lipinski definition) is 4. The van der Waals surface area contributed by atoms with Crippen molar-refractivity contribution in [2.45, 2.75) is 11.6 Å². The third-order valence-corrected chi connectivity index (χ3v) is 2.77. The molecule has 0 radical (unpaired) electrons. The van der Waals surface area contributed by atoms with Crippen molar-refractivity contribution >= 4 is 17.7 Å². The molecule has 0 saturated carbocycles. The molecule has 0 aliphatic carbocycles. The van der Waals surface area contributed by atoms with Crippen LogP contribution in [0.4, 0.5) is 13.2 Å². The highest BCUT2D eigenvalue weighted by Gasteiger charge is 2.27. The van der Waals surface area contributed by atoms with E-state index >= 15 is 0 Å². The van der Waals surface area contributed by atoms with E-state index in [-0.39, 0.29) is 24.1 Å². The van der Waals surface area contributed by atoms with Gasteiger partial charge in [-0.2, -0.15) is 18.3 Å². The zero-order chi connectivity index (χ0) is 13.8. The molecule has 0 saturated heterocycles. The lowest BCUT2D eigenvalue weighted by Crippen LogP contribution is -2.35. The molecule has 0 aliphatic heterocycles. The second-order valence-corrected chi connectivity index (χ2v) is 4.67. The van der Waals surface area contributed by atoms with E-state index in [9.17, 15) is 18.0 Å². The van der Waals surface area contributed by atoms with E-state index in [0.717, 1.165) is 0 Å². The van der Waals surface area contributed by atoms with Gasteiger partial charge in [-0.1, -0.05) is 0 Å². The molecule has 1 rings (SSSR count). The minimum Gasteiger partial charge on any atom is -0.354 e. The van der Waals surface area contributed by atoms with Crippen LogP contribution in [0.15, 0.2) is 12.4 Å². The standard InChI is InChI=1S/C9H13F3N4OS/c1-16-5-6(4-15-16)7(13)8(17)14-2-3-18-9(10,11)12/h4-5,7H,2-3,13H2,1H3,(H,14,17). The Kier molecular flexibility index (Phi) is 5.03. The number of amides is 1. The summed E-state index contributed by atoms with van der Waals surface area (Å²) < 4.78 is 37.0. The highest BCUT2D eigenvalue weighted by molar-refractivity contribution is 8.00. The molecule has 1 unspecified atom stereocenters. The van der Waals surface area contributed by atoms with Crippen LogP contribution in [0.3, 0.4) is 0 Å². The molecule has 3 N–H and O–H groups in total. The molecule has 0 fully saturated rings. The lowest BCUT2D eigenvalue weighted by Gasteiger charge is -2.11. The van der Waals surface area contributed by atoms with E-state index in [1.165, 1.54) is 10.9 Å². The first-order valence-electron chi connectivity index (χ1n) is 5.02. The van der Waals surface area contributed by atoms with E-state index in [1.54, 1.807) is 13.2 Å². The minimum absolute atomic E-state index is 0.0863. The highest BCUT2D eigenvalue weighted by atomic mass is 32.2. The topological polar surface area (TPSA) is 72.9 Å². The zero-order valence-corrected chi connectivity index (χ0v) is 10.4. The normalized spacial score (nSPS) is 13.4. The number of halogens is 3. The van der Waals surface area contributed by atoms with Gasteiger partial charge in [0.2, 0.25) is 5.91 Å². The van der Waals surface area contributed by atoms with Crippen molar-refractivity contribution in [1.82, 2.24) is 15.1 Å². The predicted molar refractivity (Wildman–Crippen MR) is 61.7 cm³/mol. The van der Waals surface area contributed by atoms with Crippen molar-refractivity contribution in [3.05, 3.63) is 18.0 Å². The Labute approximate surface area is 106 Å². The van der Waals surface area contributed by atoms with Crippen LogP contribution >= 0.6 is 11.8 Å². The first kappa shape index (κ1) is 14.8. The molecule has 0 spiro atoms. The van der Waals surface area contributed by atoms with Crippen LogP contribution in [0, 0.1) is 0 Å². The van der Waals surface area contributed by atoms with Gasteiger partial charge in [0.25, 0.3) is 0 Å². The number of thioether (sulfide) groups is 1. The molecule has 18 heavy (non-hydrogen) atoms. The largest absolute Gasteiger partial charge is 0.441 e. The number of nitrogens with two attached hydrogens (primary N) is 1. The van der Waals surface area contributed by atoms with Crippen LogP contribution in [0.5, 0.6) is 0 Å². The lowest BCUT2D eigenvalue weighted by molar-refractivity contribution is -0.122. The SMILES string of the molecule is Cn1cc(C(N)C(=O)NCCSC(F)(F)F)cn1. The molecule has 5 nitrogen and oxygen atoms in total. The van der Waals surface area contributed by atoms with Crippen LogP contribution in [-0.2, 0) is 11.8 Å². The van der Waals surface area contributed by atoms with Crippen molar-refractivity contribution in [3.8, 4) is 0 Å². The molecule has 1 aromatic rings. The minimum atomic E-state index is -4.28. The summed E-state index contributed by atoms with van der Waals surface area (Å²) in [5.74, 6) is -0.764. The summed E-state index contributed by atoms with van der Waals surface area (Å²) in [6.07, 6.45) is 3.02. The van der Waals surface area contributed by atoms with Crippen molar-refractivity contribution in [3.63, 3.8) is 0 Å². The van der Waals surface area contributed by atoms with Gasteiger partial charge in [-0.3, -0.25) is 9.48 Å². The summed E-state index contributed by atoms with van der Waals surface area (Å²) in [7, 11) is 1.67. The first-order chi connectivity index (χ1) is 8.29. The van der Waals surface area contributed by atoms with Crippen molar-refractivity contribution < 1.29 is 18.0 Å². The second-order valence-electron chi connectivity index (χ2n) is 3.51. The van der Waals surface area contributed by atoms with E-state index in [4.69, 9.17) is 5.73 Å². The number of aromatic nitrogens is 2. The average Bonchev–Trinajstić information content (AvgIpc) is 2.68. The number of nitrogens with one attached hydrogen (secondary N) is 1. The Balaban J connectivity index is 2.33. The Bertz CT molecular complexity index is 407. The summed E-state index contributed by atoms with van der Waals surface area (Å²) in [6.45, 7) is -0.0863. The van der Waals surface area contributed by atoms with Gasteiger partial charge in [-0.15, -0.1) is 0 Å². The molecular formula is C9H13F3N4OS. The molecule has 1 atom stereocenters. The third kappa shape index (κ3) is 4.96. The fourth-order valence-electron chi connectivity index (χ4n) is 1.20. The molecule has 0 aliphatic rings. The molecule has 102 valence electrons. The first-order valence-corrected chi connectivity index (χ1v) is 6.00. The van der Waals surface area contributed by atoms with Crippen molar-refractivity contribution in [2.75, 3.05) is 12.3 Å². The summed E-state index contributed by atoms with van der Waals surface area (Å²) in [6, 6.07) is -0.922. The van der Waals surface area contributed by atoms with Crippen LogP contribution in [0.2, 0.25) is 0 Å². The van der Waals surface area contributed by atoms with Gasteiger partial charge in [0.1, 0.15) is 6.04 Å². The molecule has 9 heteroatoms. The number of carbonyl (C=O) groups excluding carboxylic acids is 1. The molecule has 0 bridgehead atoms. The molecule has 1 heterocycles. The molecular weight excluding hydrogens is 269 g/mol. The fraction of sp³-hybridized carbons (Fsp3) is 0.556. The Morgan fingerprint density at radius 3 is 2.83 bits per heavy atom. The summed E-state index contributed by atoms with van der Waals surface area (Å²) in [5, 5.41) is 6.19. The smallest absolute Gasteiger partial charge is 0.354 e. The second kappa shape index (κ2) is 6.10. The van der Waals surface area contributed by atoms with E-state index in [0.29, 0.717) is 5.56 Å². The van der Waals surface area contributed by atoms with Crippen molar-refractivity contribution in [1.29, 1.82) is 0 Å². The van der Waals surface area contributed by atoms with Crippen LogP contribution in [0.1, 0.15) is 11.6 Å². The van der Waals surface area contributed by atoms with Gasteiger partial charge in [0, 0.05) is 31.1 Å². The predicted octanol–water partition coefficient (Wildman–Crippen LogP) is 0.789. The lowest BCUT2D eigenvalue weighted by atomic mass is 10.1. The van der Waals surface area contributed by atoms with Gasteiger partial charge in [0.05, 0.1) is 6.20 Å². The maximum atomic E-state index is 11.8. The average molecular weight is 282 g/mol. The number of alkyl halides is 3. The maximum Gasteiger partial charge on any atom is 0.441 e. The van der Waals surface area contributed by atoms with Crippen molar-refractivity contribution in [2.24, 2.45) is 12.8 Å². The zero-order valence-electron chi connectivity index (χ0n) is 9.57. The maximum absolute atomic E-state index is 11.8. The van der Waals surface area contributed by atoms with Crippen LogP contribution in [-0.4, -0.2) is 33.5 Å². The van der Waals surface area contributed by atoms with Gasteiger partial charge >= 0.3 is 5.51 Å². The summed E-state index contributed by atoms with van der Waals surface area (Å²) in [4.78, 5) is 11.5. The number of carbonyl (C=O) groups is 1. The van der Waals surface area contributed by atoms with Crippen LogP contribution in [0.25, 0.3) is 0 Å². The van der Waals surface area contributed by atoms with Crippen LogP contribution < -0.4 is 11.1 Å².